The lowest BCUT2D eigenvalue weighted by Crippen LogP contribution is -1.92. The first-order chi connectivity index (χ1) is 10.3. The summed E-state index contributed by atoms with van der Waals surface area (Å²) in [5, 5.41) is 0.821. The first kappa shape index (κ1) is 19.7. The van der Waals surface area contributed by atoms with Crippen LogP contribution in [0.2, 0.25) is 0 Å². The first-order valence-corrected chi connectivity index (χ1v) is 9.38. The van der Waals surface area contributed by atoms with E-state index >= 15 is 0 Å². The van der Waals surface area contributed by atoms with Crippen molar-refractivity contribution in [1.82, 2.24) is 9.97 Å². The normalized spacial score (nSPS) is 10.2. The van der Waals surface area contributed by atoms with Crippen molar-refractivity contribution in [3.63, 3.8) is 0 Å². The van der Waals surface area contributed by atoms with Crippen molar-refractivity contribution in [3.8, 4) is 0 Å². The summed E-state index contributed by atoms with van der Waals surface area (Å²) in [6.45, 7) is 7.37. The summed E-state index contributed by atoms with van der Waals surface area (Å²) in [6, 6.07) is 3.82. The highest BCUT2D eigenvalue weighted by Crippen LogP contribution is 2.21. The largest absolute Gasteiger partial charge is 0.256 e. The average Bonchev–Trinajstić information content (AvgIpc) is 2.49. The van der Waals surface area contributed by atoms with Crippen molar-refractivity contribution in [2.24, 2.45) is 0 Å². The molecule has 0 radical (unpaired) electrons. The third kappa shape index (κ3) is 5.39. The number of halogens is 4. The lowest BCUT2D eigenvalue weighted by atomic mass is 10.2. The van der Waals surface area contributed by atoms with E-state index in [-0.39, 0.29) is 0 Å². The van der Waals surface area contributed by atoms with Gasteiger partial charge in [0.25, 0.3) is 0 Å². The molecular weight excluding hydrogens is 479 g/mol. The van der Waals surface area contributed by atoms with E-state index in [2.05, 4.69) is 70.7 Å². The van der Waals surface area contributed by atoms with E-state index in [0.29, 0.717) is 5.69 Å². The van der Waals surface area contributed by atoms with E-state index in [1.54, 1.807) is 6.07 Å². The number of nitrogens with zero attached hydrogens (tertiary/aromatic N) is 2. The lowest BCUT2D eigenvalue weighted by Gasteiger charge is -2.03. The average molecular weight is 497 g/mol. The molecule has 0 atom stereocenters. The zero-order valence-corrected chi connectivity index (χ0v) is 17.7. The van der Waals surface area contributed by atoms with Crippen LogP contribution in [0.3, 0.4) is 0 Å². The Morgan fingerprint density at radius 3 is 1.64 bits per heavy atom. The highest BCUT2D eigenvalue weighted by molar-refractivity contribution is 9.11. The molecule has 2 rings (SSSR count). The van der Waals surface area contributed by atoms with Crippen LogP contribution in [0.5, 0.6) is 0 Å². The maximum absolute atomic E-state index is 12.1. The van der Waals surface area contributed by atoms with Gasteiger partial charge in [-0.25, -0.2) is 4.39 Å². The molecular formula is C16H18Br3FN2. The Labute approximate surface area is 156 Å². The van der Waals surface area contributed by atoms with Gasteiger partial charge in [-0.1, -0.05) is 15.9 Å². The second kappa shape index (κ2) is 9.08. The maximum Gasteiger partial charge on any atom is 0.131 e. The Kier molecular flexibility index (Phi) is 8.14. The predicted molar refractivity (Wildman–Crippen MR) is 100 cm³/mol. The van der Waals surface area contributed by atoms with E-state index in [1.807, 2.05) is 20.8 Å². The molecule has 0 fully saturated rings. The second-order valence-electron chi connectivity index (χ2n) is 4.93. The Morgan fingerprint density at radius 1 is 0.864 bits per heavy atom. The van der Waals surface area contributed by atoms with Gasteiger partial charge in [0.15, 0.2) is 0 Å². The van der Waals surface area contributed by atoms with Crippen molar-refractivity contribution in [3.05, 3.63) is 55.0 Å². The Balaban J connectivity index is 0.000000220. The molecule has 0 spiro atoms. The summed E-state index contributed by atoms with van der Waals surface area (Å²) < 4.78 is 14.2. The van der Waals surface area contributed by atoms with Gasteiger partial charge in [-0.15, -0.1) is 0 Å². The summed E-state index contributed by atoms with van der Waals surface area (Å²) in [6.07, 6.45) is 0. The highest BCUT2D eigenvalue weighted by Gasteiger charge is 2.03. The molecule has 2 heterocycles. The van der Waals surface area contributed by atoms with Crippen LogP contribution in [0.25, 0.3) is 0 Å². The minimum absolute atomic E-state index is 0.491. The predicted octanol–water partition coefficient (Wildman–Crippen LogP) is 6.29. The monoisotopic (exact) mass is 494 g/mol. The molecule has 0 aliphatic carbocycles. The van der Waals surface area contributed by atoms with Gasteiger partial charge in [0.1, 0.15) is 6.67 Å². The van der Waals surface area contributed by atoms with Gasteiger partial charge in [-0.2, -0.15) is 0 Å². The molecule has 0 bridgehead atoms. The van der Waals surface area contributed by atoms with Gasteiger partial charge in [0.2, 0.25) is 0 Å². The molecule has 2 aromatic heterocycles. The van der Waals surface area contributed by atoms with Crippen molar-refractivity contribution in [1.29, 1.82) is 0 Å². The van der Waals surface area contributed by atoms with Crippen molar-refractivity contribution in [2.45, 2.75) is 39.7 Å². The summed E-state index contributed by atoms with van der Waals surface area (Å²) in [5.74, 6) is 0. The third-order valence-electron chi connectivity index (χ3n) is 2.99. The number of aryl methyl sites for hydroxylation is 4. The number of alkyl halides is 2. The van der Waals surface area contributed by atoms with E-state index in [1.165, 1.54) is 5.56 Å². The molecule has 0 saturated heterocycles. The second-order valence-corrected chi connectivity index (χ2v) is 7.07. The Hall–Kier alpha value is -0.330. The summed E-state index contributed by atoms with van der Waals surface area (Å²) in [7, 11) is 0. The SMILES string of the molecule is Cc1cc(CBr)nc(C)c1Br.Cc1cc(CF)nc(C)c1Br. The zero-order chi connectivity index (χ0) is 16.9. The molecule has 6 heteroatoms. The molecule has 0 aromatic carbocycles. The standard InChI is InChI=1S/C8H9Br2N.C8H9BrFN/c1-5-3-7(4-9)11-6(2)8(5)10;1-5-3-7(4-10)11-6(2)8(5)9/h2*3H,4H2,1-2H3. The van der Waals surface area contributed by atoms with Crippen LogP contribution in [-0.2, 0) is 12.0 Å². The quantitative estimate of drug-likeness (QED) is 0.457. The van der Waals surface area contributed by atoms with Crippen LogP contribution in [0.15, 0.2) is 21.1 Å². The smallest absolute Gasteiger partial charge is 0.131 e. The number of aromatic nitrogens is 2. The molecule has 0 N–H and O–H groups in total. The fraction of sp³-hybridized carbons (Fsp3) is 0.375. The molecule has 2 aromatic rings. The minimum Gasteiger partial charge on any atom is -0.256 e. The topological polar surface area (TPSA) is 25.8 Å². The molecule has 120 valence electrons. The molecule has 0 unspecified atom stereocenters. The van der Waals surface area contributed by atoms with Crippen molar-refractivity contribution in [2.75, 3.05) is 0 Å². The summed E-state index contributed by atoms with van der Waals surface area (Å²) in [4.78, 5) is 8.39. The van der Waals surface area contributed by atoms with Gasteiger partial charge >= 0.3 is 0 Å². The molecule has 0 saturated carbocycles. The highest BCUT2D eigenvalue weighted by atomic mass is 79.9. The first-order valence-electron chi connectivity index (χ1n) is 6.67. The Bertz CT molecular complexity index is 556. The van der Waals surface area contributed by atoms with Gasteiger partial charge < -0.3 is 0 Å². The van der Waals surface area contributed by atoms with E-state index < -0.39 is 6.67 Å². The Morgan fingerprint density at radius 2 is 1.27 bits per heavy atom. The molecule has 0 aliphatic heterocycles. The number of pyridine rings is 2. The molecule has 22 heavy (non-hydrogen) atoms. The van der Waals surface area contributed by atoms with Gasteiger partial charge in [-0.05, 0) is 82.8 Å². The number of hydrogen-bond acceptors (Lipinski definition) is 2. The van der Waals surface area contributed by atoms with Crippen LogP contribution in [0.1, 0.15) is 33.9 Å². The van der Waals surface area contributed by atoms with Crippen LogP contribution >= 0.6 is 47.8 Å². The fourth-order valence-corrected chi connectivity index (χ4v) is 2.62. The third-order valence-corrected chi connectivity index (χ3v) is 5.96. The van der Waals surface area contributed by atoms with Gasteiger partial charge in [0.05, 0.1) is 22.8 Å². The minimum atomic E-state index is -0.491. The van der Waals surface area contributed by atoms with Gasteiger partial charge in [0, 0.05) is 14.3 Å². The zero-order valence-electron chi connectivity index (χ0n) is 13.0. The van der Waals surface area contributed by atoms with Crippen LogP contribution < -0.4 is 0 Å². The summed E-state index contributed by atoms with van der Waals surface area (Å²) >= 11 is 10.2. The van der Waals surface area contributed by atoms with E-state index in [4.69, 9.17) is 0 Å². The van der Waals surface area contributed by atoms with Crippen LogP contribution in [0, 0.1) is 27.7 Å². The van der Waals surface area contributed by atoms with Crippen molar-refractivity contribution < 1.29 is 4.39 Å². The lowest BCUT2D eigenvalue weighted by molar-refractivity contribution is 0.475. The van der Waals surface area contributed by atoms with Gasteiger partial charge in [-0.3, -0.25) is 9.97 Å². The number of rotatable bonds is 2. The van der Waals surface area contributed by atoms with Crippen LogP contribution in [0.4, 0.5) is 4.39 Å². The maximum atomic E-state index is 12.1. The van der Waals surface area contributed by atoms with E-state index in [0.717, 1.165) is 36.9 Å². The summed E-state index contributed by atoms with van der Waals surface area (Å²) in [5.41, 5.74) is 5.76. The fourth-order valence-electron chi connectivity index (χ4n) is 1.93. The number of hydrogen-bond donors (Lipinski definition) is 0. The molecule has 0 aliphatic rings. The molecule has 2 nitrogen and oxygen atoms in total. The van der Waals surface area contributed by atoms with E-state index in [9.17, 15) is 4.39 Å². The molecule has 0 amide bonds. The van der Waals surface area contributed by atoms with Crippen LogP contribution in [-0.4, -0.2) is 9.97 Å². The van der Waals surface area contributed by atoms with Crippen molar-refractivity contribution >= 4 is 47.8 Å².